The minimum Gasteiger partial charge on any atom is -0.464 e. The first kappa shape index (κ1) is 9.29. The van der Waals surface area contributed by atoms with Crippen LogP contribution in [0.1, 0.15) is 24.9 Å². The Labute approximate surface area is 72.2 Å². The number of nitrogens with two attached hydrogens (primary N) is 1. The molecule has 0 bridgehead atoms. The van der Waals surface area contributed by atoms with Crippen molar-refractivity contribution >= 4 is 0 Å². The zero-order chi connectivity index (χ0) is 9.19. The normalized spacial score (nSPS) is 16.0. The van der Waals surface area contributed by atoms with Gasteiger partial charge in [-0.05, 0) is 32.4 Å². The van der Waals surface area contributed by atoms with Crippen molar-refractivity contribution in [2.24, 2.45) is 5.73 Å². The highest BCUT2D eigenvalue weighted by molar-refractivity contribution is 5.13. The van der Waals surface area contributed by atoms with Crippen molar-refractivity contribution in [1.82, 2.24) is 0 Å². The molecule has 0 aromatic carbocycles. The van der Waals surface area contributed by atoms with E-state index in [1.54, 1.807) is 0 Å². The fourth-order valence-corrected chi connectivity index (χ4v) is 1.10. The maximum absolute atomic E-state index is 8.75. The lowest BCUT2D eigenvalue weighted by atomic mass is 9.97. The van der Waals surface area contributed by atoms with Gasteiger partial charge in [0.05, 0.1) is 5.54 Å². The van der Waals surface area contributed by atoms with Crippen LogP contribution in [0, 0.1) is 6.92 Å². The van der Waals surface area contributed by atoms with Gasteiger partial charge < -0.3 is 15.3 Å². The van der Waals surface area contributed by atoms with E-state index in [1.807, 2.05) is 26.0 Å². The minimum atomic E-state index is -0.553. The second-order valence-corrected chi connectivity index (χ2v) is 3.30. The predicted octanol–water partition coefficient (Wildman–Crippen LogP) is 1.14. The topological polar surface area (TPSA) is 59.4 Å². The van der Waals surface area contributed by atoms with Crippen LogP contribution in [0.15, 0.2) is 16.5 Å². The Morgan fingerprint density at radius 2 is 2.25 bits per heavy atom. The lowest BCUT2D eigenvalue weighted by Gasteiger charge is -2.20. The standard InChI is InChI=1S/C9H15NO2/c1-7-3-4-8(12-7)9(2,10)5-6-11/h3-4,11H,5-6,10H2,1-2H3/t9-/m0/s1. The van der Waals surface area contributed by atoms with E-state index in [9.17, 15) is 0 Å². The van der Waals surface area contributed by atoms with Gasteiger partial charge in [0.1, 0.15) is 11.5 Å². The molecule has 0 aliphatic heterocycles. The maximum Gasteiger partial charge on any atom is 0.123 e. The molecule has 0 saturated heterocycles. The molecule has 0 fully saturated rings. The maximum atomic E-state index is 8.75. The Balaban J connectivity index is 2.81. The second kappa shape index (κ2) is 3.29. The summed E-state index contributed by atoms with van der Waals surface area (Å²) in [4.78, 5) is 0. The fourth-order valence-electron chi connectivity index (χ4n) is 1.10. The van der Waals surface area contributed by atoms with Gasteiger partial charge in [-0.1, -0.05) is 0 Å². The van der Waals surface area contributed by atoms with Gasteiger partial charge in [0.15, 0.2) is 0 Å². The minimum absolute atomic E-state index is 0.0761. The summed E-state index contributed by atoms with van der Waals surface area (Å²) in [7, 11) is 0. The number of aliphatic hydroxyl groups excluding tert-OH is 1. The molecule has 0 aliphatic rings. The van der Waals surface area contributed by atoms with Gasteiger partial charge in [0.2, 0.25) is 0 Å². The van der Waals surface area contributed by atoms with Crippen LogP contribution in [0.4, 0.5) is 0 Å². The van der Waals surface area contributed by atoms with Crippen LogP contribution in [0.25, 0.3) is 0 Å². The molecule has 0 unspecified atom stereocenters. The van der Waals surface area contributed by atoms with Crippen molar-refractivity contribution in [3.05, 3.63) is 23.7 Å². The van der Waals surface area contributed by atoms with Crippen molar-refractivity contribution in [3.8, 4) is 0 Å². The molecule has 68 valence electrons. The Kier molecular flexibility index (Phi) is 2.55. The average Bonchev–Trinajstić information content (AvgIpc) is 2.36. The SMILES string of the molecule is Cc1ccc([C@@](C)(N)CCO)o1. The third kappa shape index (κ3) is 1.87. The Hall–Kier alpha value is -0.800. The summed E-state index contributed by atoms with van der Waals surface area (Å²) in [5.74, 6) is 1.58. The third-order valence-corrected chi connectivity index (χ3v) is 1.93. The summed E-state index contributed by atoms with van der Waals surface area (Å²) >= 11 is 0. The molecule has 1 aromatic rings. The molecule has 0 spiro atoms. The van der Waals surface area contributed by atoms with Gasteiger partial charge in [0, 0.05) is 6.61 Å². The highest BCUT2D eigenvalue weighted by atomic mass is 16.3. The van der Waals surface area contributed by atoms with E-state index >= 15 is 0 Å². The molecule has 0 aliphatic carbocycles. The van der Waals surface area contributed by atoms with E-state index in [0.29, 0.717) is 6.42 Å². The molecule has 0 amide bonds. The summed E-state index contributed by atoms with van der Waals surface area (Å²) < 4.78 is 5.36. The van der Waals surface area contributed by atoms with Gasteiger partial charge in [0.25, 0.3) is 0 Å². The van der Waals surface area contributed by atoms with Gasteiger partial charge in [-0.3, -0.25) is 0 Å². The third-order valence-electron chi connectivity index (χ3n) is 1.93. The smallest absolute Gasteiger partial charge is 0.123 e. The second-order valence-electron chi connectivity index (χ2n) is 3.30. The lowest BCUT2D eigenvalue weighted by Crippen LogP contribution is -2.33. The van der Waals surface area contributed by atoms with Crippen LogP contribution >= 0.6 is 0 Å². The monoisotopic (exact) mass is 169 g/mol. The molecule has 1 atom stereocenters. The zero-order valence-corrected chi connectivity index (χ0v) is 7.50. The van der Waals surface area contributed by atoms with Gasteiger partial charge in [-0.15, -0.1) is 0 Å². The average molecular weight is 169 g/mol. The molecule has 3 N–H and O–H groups in total. The molecular formula is C9H15NO2. The van der Waals surface area contributed by atoms with E-state index in [4.69, 9.17) is 15.3 Å². The number of aryl methyl sites for hydroxylation is 1. The van der Waals surface area contributed by atoms with Crippen molar-refractivity contribution < 1.29 is 9.52 Å². The van der Waals surface area contributed by atoms with E-state index in [1.165, 1.54) is 0 Å². The van der Waals surface area contributed by atoms with Crippen LogP contribution in [0.2, 0.25) is 0 Å². The molecule has 0 saturated carbocycles. The largest absolute Gasteiger partial charge is 0.464 e. The number of furan rings is 1. The molecule has 0 radical (unpaired) electrons. The van der Waals surface area contributed by atoms with E-state index in [2.05, 4.69) is 0 Å². The summed E-state index contributed by atoms with van der Waals surface area (Å²) in [5, 5.41) is 8.75. The van der Waals surface area contributed by atoms with Gasteiger partial charge in [-0.25, -0.2) is 0 Å². The Bertz CT molecular complexity index is 253. The van der Waals surface area contributed by atoms with Crippen molar-refractivity contribution in [2.75, 3.05) is 6.61 Å². The number of hydrogen-bond donors (Lipinski definition) is 2. The van der Waals surface area contributed by atoms with Crippen molar-refractivity contribution in [2.45, 2.75) is 25.8 Å². The van der Waals surface area contributed by atoms with Gasteiger partial charge >= 0.3 is 0 Å². The predicted molar refractivity (Wildman–Crippen MR) is 46.7 cm³/mol. The fraction of sp³-hybridized carbons (Fsp3) is 0.556. The molecule has 3 nitrogen and oxygen atoms in total. The summed E-state index contributed by atoms with van der Waals surface area (Å²) in [5.41, 5.74) is 5.36. The number of aliphatic hydroxyl groups is 1. The van der Waals surface area contributed by atoms with Gasteiger partial charge in [-0.2, -0.15) is 0 Å². The van der Waals surface area contributed by atoms with E-state index < -0.39 is 5.54 Å². The molecule has 12 heavy (non-hydrogen) atoms. The van der Waals surface area contributed by atoms with Crippen molar-refractivity contribution in [1.29, 1.82) is 0 Å². The van der Waals surface area contributed by atoms with Crippen LogP contribution < -0.4 is 5.73 Å². The quantitative estimate of drug-likeness (QED) is 0.713. The van der Waals surface area contributed by atoms with Crippen molar-refractivity contribution in [3.63, 3.8) is 0 Å². The van der Waals surface area contributed by atoms with Crippen LogP contribution in [0.3, 0.4) is 0 Å². The number of rotatable bonds is 3. The van der Waals surface area contributed by atoms with E-state index in [-0.39, 0.29) is 6.61 Å². The Morgan fingerprint density at radius 3 is 2.67 bits per heavy atom. The molecule has 1 rings (SSSR count). The highest BCUT2D eigenvalue weighted by Crippen LogP contribution is 2.22. The Morgan fingerprint density at radius 1 is 1.58 bits per heavy atom. The first-order chi connectivity index (χ1) is 5.56. The molecular weight excluding hydrogens is 154 g/mol. The lowest BCUT2D eigenvalue weighted by molar-refractivity contribution is 0.229. The van der Waals surface area contributed by atoms with E-state index in [0.717, 1.165) is 11.5 Å². The molecule has 1 heterocycles. The number of hydrogen-bond acceptors (Lipinski definition) is 3. The first-order valence-electron chi connectivity index (χ1n) is 4.03. The first-order valence-corrected chi connectivity index (χ1v) is 4.03. The zero-order valence-electron chi connectivity index (χ0n) is 7.50. The summed E-state index contributed by atoms with van der Waals surface area (Å²) in [6.07, 6.45) is 0.514. The van der Waals surface area contributed by atoms with Crippen LogP contribution in [0.5, 0.6) is 0 Å². The highest BCUT2D eigenvalue weighted by Gasteiger charge is 2.23. The molecule has 3 heteroatoms. The van der Waals surface area contributed by atoms with Crippen LogP contribution in [-0.2, 0) is 5.54 Å². The van der Waals surface area contributed by atoms with Crippen LogP contribution in [-0.4, -0.2) is 11.7 Å². The summed E-state index contributed by atoms with van der Waals surface area (Å²) in [6.45, 7) is 3.80. The molecule has 1 aromatic heterocycles. The summed E-state index contributed by atoms with van der Waals surface area (Å²) in [6, 6.07) is 3.73.